The van der Waals surface area contributed by atoms with Crippen molar-refractivity contribution in [2.75, 3.05) is 6.61 Å². The Bertz CT molecular complexity index is 341. The monoisotopic (exact) mass is 211 g/mol. The molecule has 1 aromatic rings. The Morgan fingerprint density at radius 3 is 2.80 bits per heavy atom. The normalized spacial score (nSPS) is 11.9. The lowest BCUT2D eigenvalue weighted by molar-refractivity contribution is 0.148. The van der Waals surface area contributed by atoms with Crippen LogP contribution in [0.3, 0.4) is 0 Å². The van der Waals surface area contributed by atoms with Crippen molar-refractivity contribution in [1.82, 2.24) is 5.32 Å². The number of nitrogens with one attached hydrogen (secondary N) is 1. The van der Waals surface area contributed by atoms with Gasteiger partial charge in [0.1, 0.15) is 5.82 Å². The fourth-order valence-corrected chi connectivity index (χ4v) is 1.25. The predicted molar refractivity (Wildman–Crippen MR) is 55.0 cm³/mol. The van der Waals surface area contributed by atoms with E-state index in [9.17, 15) is 9.18 Å². The molecule has 1 atom stereocenters. The molecule has 4 heteroatoms. The van der Waals surface area contributed by atoms with E-state index in [0.29, 0.717) is 12.2 Å². The highest BCUT2D eigenvalue weighted by atomic mass is 19.1. The number of carbonyl (C=O) groups excluding carboxylic acids is 1. The maximum atomic E-state index is 13.3. The first-order chi connectivity index (χ1) is 7.15. The van der Waals surface area contributed by atoms with Crippen molar-refractivity contribution >= 4 is 6.09 Å². The van der Waals surface area contributed by atoms with Gasteiger partial charge in [0.2, 0.25) is 0 Å². The van der Waals surface area contributed by atoms with Crippen LogP contribution in [-0.4, -0.2) is 12.7 Å². The quantitative estimate of drug-likeness (QED) is 0.834. The van der Waals surface area contributed by atoms with Gasteiger partial charge in [0.15, 0.2) is 0 Å². The summed E-state index contributed by atoms with van der Waals surface area (Å²) in [6, 6.07) is 5.92. The third kappa shape index (κ3) is 3.23. The van der Waals surface area contributed by atoms with E-state index < -0.39 is 12.1 Å². The molecule has 0 spiro atoms. The summed E-state index contributed by atoms with van der Waals surface area (Å²) in [7, 11) is 0. The van der Waals surface area contributed by atoms with E-state index in [1.54, 1.807) is 32.0 Å². The molecule has 0 aliphatic carbocycles. The van der Waals surface area contributed by atoms with E-state index in [-0.39, 0.29) is 5.82 Å². The van der Waals surface area contributed by atoms with Gasteiger partial charge in [-0.1, -0.05) is 18.2 Å². The molecule has 1 amide bonds. The summed E-state index contributed by atoms with van der Waals surface area (Å²) in [6.45, 7) is 3.72. The van der Waals surface area contributed by atoms with E-state index in [4.69, 9.17) is 4.74 Å². The lowest BCUT2D eigenvalue weighted by Crippen LogP contribution is -2.27. The Kier molecular flexibility index (Phi) is 4.09. The van der Waals surface area contributed by atoms with Crippen LogP contribution in [0.15, 0.2) is 24.3 Å². The van der Waals surface area contributed by atoms with Gasteiger partial charge in [-0.3, -0.25) is 0 Å². The molecule has 0 aliphatic rings. The van der Waals surface area contributed by atoms with Crippen LogP contribution in [0, 0.1) is 5.82 Å². The fourth-order valence-electron chi connectivity index (χ4n) is 1.25. The van der Waals surface area contributed by atoms with E-state index in [1.165, 1.54) is 6.07 Å². The standard InChI is InChI=1S/C11H14FNO2/c1-3-15-11(14)13-8(2)9-6-4-5-7-10(9)12/h4-8H,3H2,1-2H3,(H,13,14)/t8-/m0/s1. The van der Waals surface area contributed by atoms with Crippen LogP contribution in [-0.2, 0) is 4.74 Å². The number of rotatable bonds is 3. The number of hydrogen-bond acceptors (Lipinski definition) is 2. The minimum absolute atomic E-state index is 0.301. The predicted octanol–water partition coefficient (Wildman–Crippen LogP) is 2.63. The average molecular weight is 211 g/mol. The first-order valence-corrected chi connectivity index (χ1v) is 4.83. The molecule has 0 saturated carbocycles. The van der Waals surface area contributed by atoms with Crippen LogP contribution in [0.1, 0.15) is 25.5 Å². The Morgan fingerprint density at radius 2 is 2.20 bits per heavy atom. The van der Waals surface area contributed by atoms with Crippen molar-refractivity contribution < 1.29 is 13.9 Å². The summed E-state index contributed by atoms with van der Waals surface area (Å²) in [5.41, 5.74) is 0.450. The van der Waals surface area contributed by atoms with Crippen molar-refractivity contribution in [2.24, 2.45) is 0 Å². The molecule has 0 heterocycles. The van der Waals surface area contributed by atoms with Gasteiger partial charge in [-0.05, 0) is 19.9 Å². The summed E-state index contributed by atoms with van der Waals surface area (Å²) in [5, 5.41) is 2.54. The number of benzene rings is 1. The fraction of sp³-hybridized carbons (Fsp3) is 0.364. The number of alkyl carbamates (subject to hydrolysis) is 1. The Hall–Kier alpha value is -1.58. The van der Waals surface area contributed by atoms with Crippen molar-refractivity contribution in [3.05, 3.63) is 35.6 Å². The molecular weight excluding hydrogens is 197 g/mol. The van der Waals surface area contributed by atoms with Crippen LogP contribution >= 0.6 is 0 Å². The zero-order chi connectivity index (χ0) is 11.3. The van der Waals surface area contributed by atoms with Gasteiger partial charge in [0, 0.05) is 5.56 Å². The number of amides is 1. The van der Waals surface area contributed by atoms with E-state index >= 15 is 0 Å². The van der Waals surface area contributed by atoms with E-state index in [0.717, 1.165) is 0 Å². The van der Waals surface area contributed by atoms with E-state index in [2.05, 4.69) is 5.32 Å². The molecule has 1 N–H and O–H groups in total. The maximum absolute atomic E-state index is 13.3. The summed E-state index contributed by atoms with van der Waals surface area (Å²) in [4.78, 5) is 11.1. The van der Waals surface area contributed by atoms with Crippen molar-refractivity contribution in [3.8, 4) is 0 Å². The first-order valence-electron chi connectivity index (χ1n) is 4.83. The van der Waals surface area contributed by atoms with Gasteiger partial charge >= 0.3 is 6.09 Å². The second kappa shape index (κ2) is 5.34. The largest absolute Gasteiger partial charge is 0.450 e. The van der Waals surface area contributed by atoms with Gasteiger partial charge in [0.05, 0.1) is 12.6 Å². The highest BCUT2D eigenvalue weighted by molar-refractivity contribution is 5.67. The van der Waals surface area contributed by atoms with Crippen LogP contribution in [0.5, 0.6) is 0 Å². The van der Waals surface area contributed by atoms with Crippen LogP contribution in [0.2, 0.25) is 0 Å². The molecular formula is C11H14FNO2. The number of carbonyl (C=O) groups is 1. The molecule has 0 aliphatic heterocycles. The molecule has 82 valence electrons. The summed E-state index contributed by atoms with van der Waals surface area (Å²) in [5.74, 6) is -0.332. The van der Waals surface area contributed by atoms with Gasteiger partial charge in [0.25, 0.3) is 0 Å². The molecule has 0 bridgehead atoms. The van der Waals surface area contributed by atoms with Crippen molar-refractivity contribution in [2.45, 2.75) is 19.9 Å². The summed E-state index contributed by atoms with van der Waals surface area (Å²) >= 11 is 0. The molecule has 0 fully saturated rings. The lowest BCUT2D eigenvalue weighted by Gasteiger charge is -2.14. The second-order valence-electron chi connectivity index (χ2n) is 3.11. The average Bonchev–Trinajstić information content (AvgIpc) is 2.18. The van der Waals surface area contributed by atoms with Crippen molar-refractivity contribution in [3.63, 3.8) is 0 Å². The molecule has 15 heavy (non-hydrogen) atoms. The maximum Gasteiger partial charge on any atom is 0.407 e. The van der Waals surface area contributed by atoms with Crippen LogP contribution < -0.4 is 5.32 Å². The minimum atomic E-state index is -0.534. The smallest absolute Gasteiger partial charge is 0.407 e. The topological polar surface area (TPSA) is 38.3 Å². The molecule has 0 radical (unpaired) electrons. The SMILES string of the molecule is CCOC(=O)N[C@@H](C)c1ccccc1F. The highest BCUT2D eigenvalue weighted by Crippen LogP contribution is 2.15. The lowest BCUT2D eigenvalue weighted by atomic mass is 10.1. The summed E-state index contributed by atoms with van der Waals surface area (Å²) < 4.78 is 18.0. The zero-order valence-electron chi connectivity index (χ0n) is 8.79. The highest BCUT2D eigenvalue weighted by Gasteiger charge is 2.12. The molecule has 0 saturated heterocycles. The Labute approximate surface area is 88.2 Å². The molecule has 0 aromatic heterocycles. The minimum Gasteiger partial charge on any atom is -0.450 e. The zero-order valence-corrected chi connectivity index (χ0v) is 8.79. The number of hydrogen-bond donors (Lipinski definition) is 1. The third-order valence-electron chi connectivity index (χ3n) is 1.98. The van der Waals surface area contributed by atoms with Crippen LogP contribution in [0.25, 0.3) is 0 Å². The first kappa shape index (κ1) is 11.5. The molecule has 1 rings (SSSR count). The number of ether oxygens (including phenoxy) is 1. The third-order valence-corrected chi connectivity index (χ3v) is 1.98. The molecule has 0 unspecified atom stereocenters. The van der Waals surface area contributed by atoms with Gasteiger partial charge in [-0.25, -0.2) is 9.18 Å². The number of halogens is 1. The van der Waals surface area contributed by atoms with Gasteiger partial charge < -0.3 is 10.1 Å². The molecule has 3 nitrogen and oxygen atoms in total. The van der Waals surface area contributed by atoms with Crippen LogP contribution in [0.4, 0.5) is 9.18 Å². The van der Waals surface area contributed by atoms with Gasteiger partial charge in [-0.2, -0.15) is 0 Å². The Morgan fingerprint density at radius 1 is 1.53 bits per heavy atom. The Balaban J connectivity index is 2.65. The second-order valence-corrected chi connectivity index (χ2v) is 3.11. The molecule has 1 aromatic carbocycles. The summed E-state index contributed by atoms with van der Waals surface area (Å²) in [6.07, 6.45) is -0.534. The van der Waals surface area contributed by atoms with Gasteiger partial charge in [-0.15, -0.1) is 0 Å². The van der Waals surface area contributed by atoms with E-state index in [1.807, 2.05) is 0 Å². The van der Waals surface area contributed by atoms with Crippen molar-refractivity contribution in [1.29, 1.82) is 0 Å².